The third-order valence-electron chi connectivity index (χ3n) is 3.27. The second-order valence-corrected chi connectivity index (χ2v) is 8.76. The Morgan fingerprint density at radius 2 is 2.15 bits per heavy atom. The first-order valence-corrected chi connectivity index (χ1v) is 9.17. The van der Waals surface area contributed by atoms with Crippen molar-refractivity contribution in [3.8, 4) is 0 Å². The molecule has 0 spiro atoms. The molecule has 1 aromatic rings. The summed E-state index contributed by atoms with van der Waals surface area (Å²) in [6.07, 6.45) is 1.57. The maximum Gasteiger partial charge on any atom is 0.250 e. The number of hydrogen-bond acceptors (Lipinski definition) is 5. The first kappa shape index (κ1) is 15.8. The summed E-state index contributed by atoms with van der Waals surface area (Å²) >= 11 is 6.18. The Bertz CT molecular complexity index is 575. The smallest absolute Gasteiger partial charge is 0.250 e. The molecule has 0 aromatic carbocycles. The van der Waals surface area contributed by atoms with Gasteiger partial charge in [0.1, 0.15) is 4.21 Å². The number of rotatable bonds is 5. The number of thiocarbonyl (C=S) groups is 1. The van der Waals surface area contributed by atoms with Crippen LogP contribution >= 0.6 is 23.6 Å². The largest absolute Gasteiger partial charge is 0.392 e. The number of nitrogens with two attached hydrogens (primary N) is 1. The van der Waals surface area contributed by atoms with E-state index in [1.807, 2.05) is 13.0 Å². The molecule has 0 saturated carbocycles. The van der Waals surface area contributed by atoms with Crippen molar-refractivity contribution in [1.82, 2.24) is 9.62 Å². The third kappa shape index (κ3) is 4.23. The summed E-state index contributed by atoms with van der Waals surface area (Å²) < 4.78 is 27.6. The number of likely N-dealkylation sites (tertiary alicyclic amines) is 1. The molecule has 0 bridgehead atoms. The number of thiophene rings is 1. The van der Waals surface area contributed by atoms with Crippen LogP contribution in [0.3, 0.4) is 0 Å². The Balaban J connectivity index is 1.91. The molecule has 3 N–H and O–H groups in total. The molecule has 1 saturated heterocycles. The molecule has 0 unspecified atom stereocenters. The van der Waals surface area contributed by atoms with Crippen LogP contribution in [0.5, 0.6) is 0 Å². The SMILES string of the molecule is Cc1ccc(S(=O)(=O)NC2CCN(CC(N)=S)CC2)s1. The van der Waals surface area contributed by atoms with Crippen molar-refractivity contribution < 1.29 is 8.42 Å². The van der Waals surface area contributed by atoms with Gasteiger partial charge in [0.05, 0.1) is 4.99 Å². The molecule has 0 aliphatic carbocycles. The summed E-state index contributed by atoms with van der Waals surface area (Å²) in [4.78, 5) is 3.64. The second-order valence-electron chi connectivity index (χ2n) is 5.00. The summed E-state index contributed by atoms with van der Waals surface area (Å²) in [7, 11) is -3.38. The van der Waals surface area contributed by atoms with Gasteiger partial charge in [0.2, 0.25) is 10.0 Å². The molecule has 112 valence electrons. The number of aryl methyl sites for hydroxylation is 1. The Labute approximate surface area is 129 Å². The van der Waals surface area contributed by atoms with Gasteiger partial charge in [-0.25, -0.2) is 13.1 Å². The Morgan fingerprint density at radius 3 is 2.65 bits per heavy atom. The number of nitrogens with one attached hydrogen (secondary N) is 1. The summed E-state index contributed by atoms with van der Waals surface area (Å²) in [5.74, 6) is 0. The average molecular weight is 334 g/mol. The average Bonchev–Trinajstić information content (AvgIpc) is 2.78. The number of sulfonamides is 1. The molecule has 0 radical (unpaired) electrons. The standard InChI is InChI=1S/C12H19N3O2S3/c1-9-2-3-12(19-9)20(16,17)14-10-4-6-15(7-5-10)8-11(13)18/h2-3,10,14H,4-8H2,1H3,(H2,13,18). The van der Waals surface area contributed by atoms with Crippen LogP contribution in [0.1, 0.15) is 17.7 Å². The highest BCUT2D eigenvalue weighted by atomic mass is 32.2. The van der Waals surface area contributed by atoms with Crippen LogP contribution in [0.25, 0.3) is 0 Å². The van der Waals surface area contributed by atoms with Gasteiger partial charge in [-0.3, -0.25) is 4.90 Å². The molecule has 8 heteroatoms. The van der Waals surface area contributed by atoms with Gasteiger partial charge in [-0.1, -0.05) is 12.2 Å². The molecule has 5 nitrogen and oxygen atoms in total. The Kier molecular flexibility index (Phi) is 5.14. The van der Waals surface area contributed by atoms with Crippen molar-refractivity contribution in [3.05, 3.63) is 17.0 Å². The lowest BCUT2D eigenvalue weighted by Crippen LogP contribution is -2.46. The van der Waals surface area contributed by atoms with E-state index >= 15 is 0 Å². The van der Waals surface area contributed by atoms with E-state index in [9.17, 15) is 8.42 Å². The van der Waals surface area contributed by atoms with Crippen molar-refractivity contribution in [2.45, 2.75) is 30.0 Å². The fourth-order valence-electron chi connectivity index (χ4n) is 2.26. The van der Waals surface area contributed by atoms with E-state index in [1.165, 1.54) is 11.3 Å². The molecule has 1 aliphatic heterocycles. The minimum absolute atomic E-state index is 0.00926. The van der Waals surface area contributed by atoms with Crippen molar-refractivity contribution >= 4 is 38.6 Å². The molecule has 0 atom stereocenters. The fraction of sp³-hybridized carbons (Fsp3) is 0.583. The first-order chi connectivity index (χ1) is 9.37. The second kappa shape index (κ2) is 6.48. The van der Waals surface area contributed by atoms with Crippen molar-refractivity contribution in [2.75, 3.05) is 19.6 Å². The zero-order valence-corrected chi connectivity index (χ0v) is 13.8. The normalized spacial score (nSPS) is 18.2. The monoisotopic (exact) mass is 333 g/mol. The minimum atomic E-state index is -3.38. The lowest BCUT2D eigenvalue weighted by molar-refractivity contribution is 0.233. The van der Waals surface area contributed by atoms with Crippen LogP contribution in [0, 0.1) is 6.92 Å². The maximum absolute atomic E-state index is 12.2. The zero-order valence-electron chi connectivity index (χ0n) is 11.3. The van der Waals surface area contributed by atoms with Crippen LogP contribution in [-0.2, 0) is 10.0 Å². The summed E-state index contributed by atoms with van der Waals surface area (Å²) in [5.41, 5.74) is 5.52. The molecule has 1 fully saturated rings. The van der Waals surface area contributed by atoms with Crippen molar-refractivity contribution in [2.24, 2.45) is 5.73 Å². The highest BCUT2D eigenvalue weighted by Crippen LogP contribution is 2.22. The highest BCUT2D eigenvalue weighted by molar-refractivity contribution is 7.91. The topological polar surface area (TPSA) is 75.4 Å². The molecule has 1 aliphatic rings. The Morgan fingerprint density at radius 1 is 1.50 bits per heavy atom. The quantitative estimate of drug-likeness (QED) is 0.789. The molecule has 2 heterocycles. The number of nitrogens with zero attached hydrogens (tertiary/aromatic N) is 1. The summed E-state index contributed by atoms with van der Waals surface area (Å²) in [5, 5.41) is 0. The summed E-state index contributed by atoms with van der Waals surface area (Å²) in [6.45, 7) is 4.14. The van der Waals surface area contributed by atoms with Gasteiger partial charge in [0, 0.05) is 30.6 Å². The fourth-order valence-corrected chi connectivity index (χ4v) is 5.05. The summed E-state index contributed by atoms with van der Waals surface area (Å²) in [6, 6.07) is 3.47. The predicted molar refractivity (Wildman–Crippen MR) is 85.6 cm³/mol. The van der Waals surface area contributed by atoms with E-state index in [0.717, 1.165) is 30.8 Å². The van der Waals surface area contributed by atoms with Gasteiger partial charge in [-0.15, -0.1) is 11.3 Å². The third-order valence-corrected chi connectivity index (χ3v) is 6.41. The molecular weight excluding hydrogens is 314 g/mol. The van der Waals surface area contributed by atoms with Gasteiger partial charge in [-0.2, -0.15) is 0 Å². The van der Waals surface area contributed by atoms with Crippen LogP contribution in [-0.4, -0.2) is 44.0 Å². The molecule has 0 amide bonds. The van der Waals surface area contributed by atoms with Crippen molar-refractivity contribution in [1.29, 1.82) is 0 Å². The van der Waals surface area contributed by atoms with Crippen LogP contribution < -0.4 is 10.5 Å². The van der Waals surface area contributed by atoms with E-state index < -0.39 is 10.0 Å². The molecule has 2 rings (SSSR count). The first-order valence-electron chi connectivity index (χ1n) is 6.46. The number of hydrogen-bond donors (Lipinski definition) is 2. The van der Waals surface area contributed by atoms with E-state index in [0.29, 0.717) is 15.7 Å². The molecular formula is C12H19N3O2S3. The predicted octanol–water partition coefficient (Wildman–Crippen LogP) is 1.09. The lowest BCUT2D eigenvalue weighted by atomic mass is 10.1. The van der Waals surface area contributed by atoms with E-state index in [1.54, 1.807) is 6.07 Å². The molecule has 20 heavy (non-hydrogen) atoms. The van der Waals surface area contributed by atoms with Gasteiger partial charge >= 0.3 is 0 Å². The van der Waals surface area contributed by atoms with Crippen LogP contribution in [0.4, 0.5) is 0 Å². The zero-order chi connectivity index (χ0) is 14.8. The van der Waals surface area contributed by atoms with Crippen molar-refractivity contribution in [3.63, 3.8) is 0 Å². The highest BCUT2D eigenvalue weighted by Gasteiger charge is 2.25. The van der Waals surface area contributed by atoms with Crippen LogP contribution in [0.2, 0.25) is 0 Å². The van der Waals surface area contributed by atoms with E-state index in [-0.39, 0.29) is 6.04 Å². The van der Waals surface area contributed by atoms with Crippen LogP contribution in [0.15, 0.2) is 16.3 Å². The van der Waals surface area contributed by atoms with E-state index in [2.05, 4.69) is 9.62 Å². The minimum Gasteiger partial charge on any atom is -0.392 e. The number of piperidine rings is 1. The Hall–Kier alpha value is -0.540. The van der Waals surface area contributed by atoms with E-state index in [4.69, 9.17) is 18.0 Å². The van der Waals surface area contributed by atoms with Gasteiger partial charge in [0.15, 0.2) is 0 Å². The maximum atomic E-state index is 12.2. The molecule has 1 aromatic heterocycles. The van der Waals surface area contributed by atoms with Gasteiger partial charge in [-0.05, 0) is 31.9 Å². The van der Waals surface area contributed by atoms with Gasteiger partial charge < -0.3 is 5.73 Å². The lowest BCUT2D eigenvalue weighted by Gasteiger charge is -2.31. The van der Waals surface area contributed by atoms with Gasteiger partial charge in [0.25, 0.3) is 0 Å².